The van der Waals surface area contributed by atoms with Crippen LogP contribution < -0.4 is 0 Å². The summed E-state index contributed by atoms with van der Waals surface area (Å²) in [6.07, 6.45) is 5.75. The first-order valence-corrected chi connectivity index (χ1v) is 7.39. The van der Waals surface area contributed by atoms with Gasteiger partial charge in [-0.1, -0.05) is 38.1 Å². The van der Waals surface area contributed by atoms with E-state index < -0.39 is 0 Å². The van der Waals surface area contributed by atoms with Crippen LogP contribution in [0.15, 0.2) is 36.8 Å². The molecule has 3 unspecified atom stereocenters. The van der Waals surface area contributed by atoms with Gasteiger partial charge in [-0.15, -0.1) is 0 Å². The highest BCUT2D eigenvalue weighted by Crippen LogP contribution is 2.52. The number of aliphatic hydroxyl groups excluding tert-OH is 1. The molecule has 3 nitrogen and oxygen atoms in total. The molecule has 1 aromatic heterocycles. The first-order chi connectivity index (χ1) is 9.59. The normalized spacial score (nSPS) is 30.2. The molecule has 2 aromatic rings. The Morgan fingerprint density at radius 1 is 1.30 bits per heavy atom. The average molecular weight is 268 g/mol. The molecule has 0 bridgehead atoms. The fourth-order valence-electron chi connectivity index (χ4n) is 4.06. The van der Waals surface area contributed by atoms with Crippen LogP contribution in [0.2, 0.25) is 0 Å². The van der Waals surface area contributed by atoms with Gasteiger partial charge in [0.05, 0.1) is 30.4 Å². The van der Waals surface area contributed by atoms with Gasteiger partial charge in [0, 0.05) is 11.5 Å². The van der Waals surface area contributed by atoms with Crippen molar-refractivity contribution in [2.45, 2.75) is 38.8 Å². The monoisotopic (exact) mass is 268 g/mol. The largest absolute Gasteiger partial charge is 0.392 e. The second-order valence-corrected chi connectivity index (χ2v) is 6.85. The van der Waals surface area contributed by atoms with Gasteiger partial charge in [-0.2, -0.15) is 0 Å². The van der Waals surface area contributed by atoms with E-state index in [1.54, 1.807) is 0 Å². The zero-order valence-electron chi connectivity index (χ0n) is 12.0. The second kappa shape index (κ2) is 3.95. The maximum atomic E-state index is 10.7. The Hall–Kier alpha value is -1.61. The minimum absolute atomic E-state index is 0.0168. The standard InChI is InChI=1S/C17H20N2O/c1-17(2)8-7-13(16(17)20)15-12-6-4-3-5-11(12)14-9-18-10-19(14)15/h3-6,9-10,13,15-16,20H,7-8H2,1-2H3. The van der Waals surface area contributed by atoms with Crippen LogP contribution in [0.25, 0.3) is 11.3 Å². The van der Waals surface area contributed by atoms with Gasteiger partial charge < -0.3 is 9.67 Å². The maximum Gasteiger partial charge on any atom is 0.0956 e. The summed E-state index contributed by atoms with van der Waals surface area (Å²) < 4.78 is 2.25. The quantitative estimate of drug-likeness (QED) is 0.862. The van der Waals surface area contributed by atoms with E-state index in [-0.39, 0.29) is 23.5 Å². The van der Waals surface area contributed by atoms with E-state index in [1.165, 1.54) is 16.8 Å². The summed E-state index contributed by atoms with van der Waals surface area (Å²) in [4.78, 5) is 4.31. The fourth-order valence-corrected chi connectivity index (χ4v) is 4.06. The van der Waals surface area contributed by atoms with Crippen LogP contribution in [0, 0.1) is 11.3 Å². The Kier molecular flexibility index (Phi) is 2.40. The Balaban J connectivity index is 1.84. The number of fused-ring (bicyclic) bond motifs is 3. The summed E-state index contributed by atoms with van der Waals surface area (Å²) in [6, 6.07) is 8.77. The molecule has 1 fully saturated rings. The van der Waals surface area contributed by atoms with Gasteiger partial charge in [-0.25, -0.2) is 4.98 Å². The smallest absolute Gasteiger partial charge is 0.0956 e. The molecule has 0 saturated heterocycles. The third kappa shape index (κ3) is 1.47. The minimum Gasteiger partial charge on any atom is -0.392 e. The van der Waals surface area contributed by atoms with Crippen molar-refractivity contribution in [3.63, 3.8) is 0 Å². The number of benzene rings is 1. The average Bonchev–Trinajstić information content (AvgIpc) is 3.07. The van der Waals surface area contributed by atoms with E-state index in [4.69, 9.17) is 0 Å². The molecule has 1 aliphatic carbocycles. The van der Waals surface area contributed by atoms with Crippen LogP contribution in [-0.2, 0) is 0 Å². The molecule has 1 N–H and O–H groups in total. The molecule has 20 heavy (non-hydrogen) atoms. The van der Waals surface area contributed by atoms with Crippen LogP contribution in [0.3, 0.4) is 0 Å². The zero-order valence-corrected chi connectivity index (χ0v) is 12.0. The van der Waals surface area contributed by atoms with Crippen molar-refractivity contribution in [2.75, 3.05) is 0 Å². The van der Waals surface area contributed by atoms with Crippen LogP contribution in [0.4, 0.5) is 0 Å². The summed E-state index contributed by atoms with van der Waals surface area (Å²) in [6.45, 7) is 4.35. The second-order valence-electron chi connectivity index (χ2n) is 6.85. The SMILES string of the molecule is CC1(C)CCC(C2c3ccccc3-c3cncn32)C1O. The number of nitrogens with zero attached hydrogens (tertiary/aromatic N) is 2. The topological polar surface area (TPSA) is 38.0 Å². The molecule has 0 spiro atoms. The first kappa shape index (κ1) is 12.2. The predicted octanol–water partition coefficient (Wildman–Crippen LogP) is 3.25. The molecule has 4 rings (SSSR count). The molecule has 1 aromatic carbocycles. The summed E-state index contributed by atoms with van der Waals surface area (Å²) in [5.74, 6) is 0.279. The summed E-state index contributed by atoms with van der Waals surface area (Å²) >= 11 is 0. The van der Waals surface area contributed by atoms with Gasteiger partial charge in [0.15, 0.2) is 0 Å². The minimum atomic E-state index is -0.256. The fraction of sp³-hybridized carbons (Fsp3) is 0.471. The number of hydrogen-bond donors (Lipinski definition) is 1. The zero-order chi connectivity index (χ0) is 13.9. The molecule has 3 heteroatoms. The Morgan fingerprint density at radius 2 is 2.10 bits per heavy atom. The van der Waals surface area contributed by atoms with Gasteiger partial charge in [0.1, 0.15) is 0 Å². The lowest BCUT2D eigenvalue weighted by Crippen LogP contribution is -2.32. The van der Waals surface area contributed by atoms with Crippen molar-refractivity contribution in [2.24, 2.45) is 11.3 Å². The highest BCUT2D eigenvalue weighted by atomic mass is 16.3. The van der Waals surface area contributed by atoms with Gasteiger partial charge >= 0.3 is 0 Å². The van der Waals surface area contributed by atoms with Crippen molar-refractivity contribution >= 4 is 0 Å². The van der Waals surface area contributed by atoms with Gasteiger partial charge in [0.25, 0.3) is 0 Å². The van der Waals surface area contributed by atoms with Crippen LogP contribution in [0.5, 0.6) is 0 Å². The van der Waals surface area contributed by atoms with Crippen molar-refractivity contribution in [3.05, 3.63) is 42.4 Å². The Morgan fingerprint density at radius 3 is 2.85 bits per heavy atom. The number of hydrogen-bond acceptors (Lipinski definition) is 2. The van der Waals surface area contributed by atoms with Crippen molar-refractivity contribution < 1.29 is 5.11 Å². The lowest BCUT2D eigenvalue weighted by molar-refractivity contribution is 0.0344. The number of rotatable bonds is 1. The molecule has 1 aliphatic heterocycles. The number of aromatic nitrogens is 2. The lowest BCUT2D eigenvalue weighted by Gasteiger charge is -2.30. The van der Waals surface area contributed by atoms with Crippen LogP contribution in [0.1, 0.15) is 38.3 Å². The summed E-state index contributed by atoms with van der Waals surface area (Å²) in [5.41, 5.74) is 3.81. The first-order valence-electron chi connectivity index (χ1n) is 7.39. The summed E-state index contributed by atoms with van der Waals surface area (Å²) in [5, 5.41) is 10.7. The van der Waals surface area contributed by atoms with Crippen molar-refractivity contribution in [3.8, 4) is 11.3 Å². The highest BCUT2D eigenvalue weighted by molar-refractivity contribution is 5.69. The summed E-state index contributed by atoms with van der Waals surface area (Å²) in [7, 11) is 0. The van der Waals surface area contributed by atoms with E-state index in [0.717, 1.165) is 12.8 Å². The molecule has 0 radical (unpaired) electrons. The van der Waals surface area contributed by atoms with E-state index in [1.807, 2.05) is 12.5 Å². The van der Waals surface area contributed by atoms with E-state index in [2.05, 4.69) is 47.7 Å². The Bertz CT molecular complexity index is 659. The molecular formula is C17H20N2O. The highest BCUT2D eigenvalue weighted by Gasteiger charge is 2.47. The molecule has 2 heterocycles. The molecule has 3 atom stereocenters. The molecule has 0 amide bonds. The molecule has 2 aliphatic rings. The third-order valence-corrected chi connectivity index (χ3v) is 5.25. The number of imidazole rings is 1. The van der Waals surface area contributed by atoms with Crippen molar-refractivity contribution in [1.82, 2.24) is 9.55 Å². The van der Waals surface area contributed by atoms with Crippen LogP contribution >= 0.6 is 0 Å². The van der Waals surface area contributed by atoms with E-state index in [0.29, 0.717) is 0 Å². The predicted molar refractivity (Wildman–Crippen MR) is 78.3 cm³/mol. The lowest BCUT2D eigenvalue weighted by atomic mass is 9.83. The van der Waals surface area contributed by atoms with Gasteiger partial charge in [-0.3, -0.25) is 0 Å². The Labute approximate surface area is 119 Å². The van der Waals surface area contributed by atoms with Gasteiger partial charge in [-0.05, 0) is 23.8 Å². The third-order valence-electron chi connectivity index (χ3n) is 5.25. The van der Waals surface area contributed by atoms with E-state index >= 15 is 0 Å². The maximum absolute atomic E-state index is 10.7. The van der Waals surface area contributed by atoms with Gasteiger partial charge in [0.2, 0.25) is 0 Å². The van der Waals surface area contributed by atoms with Crippen LogP contribution in [-0.4, -0.2) is 20.8 Å². The molecule has 104 valence electrons. The molecular weight excluding hydrogens is 248 g/mol. The number of aliphatic hydroxyl groups is 1. The molecule has 1 saturated carbocycles. The van der Waals surface area contributed by atoms with E-state index in [9.17, 15) is 5.11 Å². The van der Waals surface area contributed by atoms with Crippen molar-refractivity contribution in [1.29, 1.82) is 0 Å².